The monoisotopic (exact) mass is 416 g/mol. The number of nitrogens with zero attached hydrogens (tertiary/aromatic N) is 2. The van der Waals surface area contributed by atoms with Crippen molar-refractivity contribution in [3.63, 3.8) is 0 Å². The van der Waals surface area contributed by atoms with Gasteiger partial charge in [-0.2, -0.15) is 5.26 Å². The van der Waals surface area contributed by atoms with E-state index in [2.05, 4.69) is 6.07 Å². The number of rotatable bonds is 4. The number of fused-ring (bicyclic) bond motifs is 1. The summed E-state index contributed by atoms with van der Waals surface area (Å²) in [6, 6.07) is 22.8. The number of halogens is 2. The van der Waals surface area contributed by atoms with Crippen LogP contribution in [0.5, 0.6) is 0 Å². The van der Waals surface area contributed by atoms with E-state index in [1.165, 1.54) is 0 Å². The third-order valence-electron chi connectivity index (χ3n) is 4.70. The number of carbonyl (C=O) groups is 1. The number of nitriles is 1. The van der Waals surface area contributed by atoms with Crippen LogP contribution in [0.1, 0.15) is 21.5 Å². The first-order valence-corrected chi connectivity index (χ1v) is 9.60. The number of para-hydroxylation sites is 1. The van der Waals surface area contributed by atoms with Crippen molar-refractivity contribution in [1.29, 1.82) is 5.26 Å². The molecule has 0 N–H and O–H groups in total. The van der Waals surface area contributed by atoms with E-state index in [4.69, 9.17) is 23.2 Å². The van der Waals surface area contributed by atoms with Crippen LogP contribution in [0, 0.1) is 11.3 Å². The van der Waals surface area contributed by atoms with Crippen molar-refractivity contribution in [2.24, 2.45) is 0 Å². The number of carbonyl (C=O) groups excluding carboxylic acids is 1. The molecule has 0 bridgehead atoms. The summed E-state index contributed by atoms with van der Waals surface area (Å²) < 4.78 is 1.97. The second kappa shape index (κ2) is 7.97. The van der Waals surface area contributed by atoms with Gasteiger partial charge >= 0.3 is 0 Å². The van der Waals surface area contributed by atoms with Gasteiger partial charge < -0.3 is 4.57 Å². The number of hydrogen-bond acceptors (Lipinski definition) is 2. The SMILES string of the molecule is N#CC(=Cc1ccc(-n2cc(C=O)c3ccccc32)cc1)c1c(Cl)cccc1Cl. The lowest BCUT2D eigenvalue weighted by molar-refractivity contribution is 0.112. The van der Waals surface area contributed by atoms with Gasteiger partial charge in [0.2, 0.25) is 0 Å². The summed E-state index contributed by atoms with van der Waals surface area (Å²) in [6.07, 6.45) is 4.44. The highest BCUT2D eigenvalue weighted by molar-refractivity contribution is 6.38. The molecule has 140 valence electrons. The molecule has 0 saturated carbocycles. The van der Waals surface area contributed by atoms with Crippen LogP contribution in [0.2, 0.25) is 10.0 Å². The van der Waals surface area contributed by atoms with Crippen LogP contribution in [0.3, 0.4) is 0 Å². The Bertz CT molecular complexity index is 1270. The lowest BCUT2D eigenvalue weighted by Crippen LogP contribution is -1.92. The van der Waals surface area contributed by atoms with E-state index in [9.17, 15) is 10.1 Å². The summed E-state index contributed by atoms with van der Waals surface area (Å²) in [5.74, 6) is 0. The van der Waals surface area contributed by atoms with E-state index >= 15 is 0 Å². The molecule has 1 aromatic heterocycles. The standard InChI is InChI=1S/C24H14Cl2N2O/c25-21-5-3-6-22(26)24(21)17(13-27)12-16-8-10-19(11-9-16)28-14-18(15-29)20-4-1-2-7-23(20)28/h1-12,14-15H. The highest BCUT2D eigenvalue weighted by atomic mass is 35.5. The zero-order valence-corrected chi connectivity index (χ0v) is 16.7. The van der Waals surface area contributed by atoms with Gasteiger partial charge in [0.1, 0.15) is 0 Å². The van der Waals surface area contributed by atoms with Crippen molar-refractivity contribution in [3.8, 4) is 11.8 Å². The predicted octanol–water partition coefficient (Wildman–Crippen LogP) is 6.81. The van der Waals surface area contributed by atoms with E-state index in [-0.39, 0.29) is 0 Å². The molecule has 3 nitrogen and oxygen atoms in total. The van der Waals surface area contributed by atoms with Crippen molar-refractivity contribution in [2.75, 3.05) is 0 Å². The first-order valence-electron chi connectivity index (χ1n) is 8.84. The molecule has 0 unspecified atom stereocenters. The molecule has 4 rings (SSSR count). The number of hydrogen-bond donors (Lipinski definition) is 0. The molecule has 0 atom stereocenters. The average Bonchev–Trinajstić information content (AvgIpc) is 3.12. The summed E-state index contributed by atoms with van der Waals surface area (Å²) in [4.78, 5) is 11.4. The average molecular weight is 417 g/mol. The smallest absolute Gasteiger partial charge is 0.152 e. The summed E-state index contributed by atoms with van der Waals surface area (Å²) in [6.45, 7) is 0. The van der Waals surface area contributed by atoms with Crippen molar-refractivity contribution in [3.05, 3.63) is 99.7 Å². The van der Waals surface area contributed by atoms with E-state index in [0.29, 0.717) is 26.7 Å². The second-order valence-corrected chi connectivity index (χ2v) is 7.26. The van der Waals surface area contributed by atoms with Crippen LogP contribution in [0.4, 0.5) is 0 Å². The third-order valence-corrected chi connectivity index (χ3v) is 5.33. The summed E-state index contributed by atoms with van der Waals surface area (Å²) in [7, 11) is 0. The van der Waals surface area contributed by atoms with E-state index in [0.717, 1.165) is 28.4 Å². The zero-order chi connectivity index (χ0) is 20.4. The molecule has 0 amide bonds. The number of aldehydes is 1. The largest absolute Gasteiger partial charge is 0.316 e. The molecular formula is C24H14Cl2N2O. The minimum atomic E-state index is 0.392. The fourth-order valence-corrected chi connectivity index (χ4v) is 3.93. The molecule has 0 aliphatic rings. The van der Waals surface area contributed by atoms with Crippen molar-refractivity contribution >= 4 is 52.0 Å². The minimum Gasteiger partial charge on any atom is -0.316 e. The van der Waals surface area contributed by atoms with Crippen molar-refractivity contribution in [2.45, 2.75) is 0 Å². The van der Waals surface area contributed by atoms with Crippen LogP contribution in [-0.2, 0) is 0 Å². The van der Waals surface area contributed by atoms with Crippen LogP contribution in [-0.4, -0.2) is 10.9 Å². The van der Waals surface area contributed by atoms with Gasteiger partial charge in [0, 0.05) is 28.4 Å². The van der Waals surface area contributed by atoms with Gasteiger partial charge in [-0.15, -0.1) is 0 Å². The van der Waals surface area contributed by atoms with Crippen LogP contribution < -0.4 is 0 Å². The fourth-order valence-electron chi connectivity index (χ4n) is 3.33. The molecule has 3 aromatic carbocycles. The molecule has 4 aromatic rings. The van der Waals surface area contributed by atoms with Gasteiger partial charge in [0.05, 0.1) is 27.2 Å². The zero-order valence-electron chi connectivity index (χ0n) is 15.1. The molecule has 0 spiro atoms. The first-order chi connectivity index (χ1) is 14.1. The van der Waals surface area contributed by atoms with Gasteiger partial charge in [-0.3, -0.25) is 4.79 Å². The van der Waals surface area contributed by atoms with Gasteiger partial charge in [-0.1, -0.05) is 59.6 Å². The predicted molar refractivity (Wildman–Crippen MR) is 119 cm³/mol. The molecule has 29 heavy (non-hydrogen) atoms. The van der Waals surface area contributed by atoms with E-state index in [1.807, 2.05) is 59.3 Å². The number of allylic oxidation sites excluding steroid dienone is 1. The van der Waals surface area contributed by atoms with Crippen molar-refractivity contribution in [1.82, 2.24) is 4.57 Å². The molecule has 0 aliphatic heterocycles. The normalized spacial score (nSPS) is 11.4. The summed E-state index contributed by atoms with van der Waals surface area (Å²) in [5.41, 5.74) is 4.27. The molecular weight excluding hydrogens is 403 g/mol. The molecule has 0 aliphatic carbocycles. The maximum Gasteiger partial charge on any atom is 0.152 e. The number of benzene rings is 3. The van der Waals surface area contributed by atoms with Crippen molar-refractivity contribution < 1.29 is 4.79 Å². The lowest BCUT2D eigenvalue weighted by atomic mass is 10.0. The Morgan fingerprint density at radius 1 is 0.931 bits per heavy atom. The first kappa shape index (κ1) is 19.0. The Morgan fingerprint density at radius 3 is 2.28 bits per heavy atom. The maximum absolute atomic E-state index is 11.4. The quantitative estimate of drug-likeness (QED) is 0.208. The highest BCUT2D eigenvalue weighted by Crippen LogP contribution is 2.32. The van der Waals surface area contributed by atoms with Gasteiger partial charge in [-0.25, -0.2) is 0 Å². The van der Waals surface area contributed by atoms with Crippen LogP contribution >= 0.6 is 23.2 Å². The second-order valence-electron chi connectivity index (χ2n) is 6.45. The Labute approximate surface area is 178 Å². The summed E-state index contributed by atoms with van der Waals surface area (Å²) >= 11 is 12.5. The molecule has 0 fully saturated rings. The van der Waals surface area contributed by atoms with Gasteiger partial charge in [0.15, 0.2) is 6.29 Å². The topological polar surface area (TPSA) is 45.8 Å². The Kier molecular flexibility index (Phi) is 5.22. The molecule has 0 saturated heterocycles. The minimum absolute atomic E-state index is 0.392. The van der Waals surface area contributed by atoms with Crippen LogP contribution in [0.25, 0.3) is 28.2 Å². The van der Waals surface area contributed by atoms with Gasteiger partial charge in [0.25, 0.3) is 0 Å². The Balaban J connectivity index is 1.75. The lowest BCUT2D eigenvalue weighted by Gasteiger charge is -2.07. The Hall–Kier alpha value is -3.32. The van der Waals surface area contributed by atoms with E-state index in [1.54, 1.807) is 24.3 Å². The fraction of sp³-hybridized carbons (Fsp3) is 0. The van der Waals surface area contributed by atoms with Crippen LogP contribution in [0.15, 0.2) is 72.9 Å². The Morgan fingerprint density at radius 2 is 1.62 bits per heavy atom. The molecule has 1 heterocycles. The molecule has 5 heteroatoms. The molecule has 0 radical (unpaired) electrons. The van der Waals surface area contributed by atoms with E-state index < -0.39 is 0 Å². The van der Waals surface area contributed by atoms with Gasteiger partial charge in [-0.05, 0) is 42.0 Å². The number of aromatic nitrogens is 1. The third kappa shape index (κ3) is 3.56. The maximum atomic E-state index is 11.4. The summed E-state index contributed by atoms with van der Waals surface area (Å²) in [5, 5.41) is 11.4. The highest BCUT2D eigenvalue weighted by Gasteiger charge is 2.12.